The molecule has 0 saturated heterocycles. The van der Waals surface area contributed by atoms with Gasteiger partial charge in [-0.2, -0.15) is 0 Å². The number of carbonyl (C=O) groups excluding carboxylic acids is 1. The van der Waals surface area contributed by atoms with Crippen LogP contribution in [-0.4, -0.2) is 25.7 Å². The second kappa shape index (κ2) is 8.50. The van der Waals surface area contributed by atoms with Crippen molar-refractivity contribution in [2.45, 2.75) is 24.8 Å². The molecule has 1 heterocycles. The maximum absolute atomic E-state index is 13.6. The third-order valence-electron chi connectivity index (χ3n) is 6.46. The number of ether oxygens (including phenoxy) is 2. The van der Waals surface area contributed by atoms with Crippen molar-refractivity contribution in [2.24, 2.45) is 10.9 Å². The number of anilines is 1. The minimum absolute atomic E-state index is 0.111. The fourth-order valence-electron chi connectivity index (χ4n) is 4.82. The monoisotopic (exact) mass is 426 g/mol. The highest BCUT2D eigenvalue weighted by atomic mass is 16.5. The van der Waals surface area contributed by atoms with Crippen molar-refractivity contribution in [3.8, 4) is 11.5 Å². The van der Waals surface area contributed by atoms with Crippen LogP contribution >= 0.6 is 0 Å². The summed E-state index contributed by atoms with van der Waals surface area (Å²) in [6, 6.07) is 23.8. The Hall–Kier alpha value is -3.60. The Morgan fingerprint density at radius 1 is 0.844 bits per heavy atom. The highest BCUT2D eigenvalue weighted by Crippen LogP contribution is 2.44. The Morgan fingerprint density at radius 3 is 2.41 bits per heavy atom. The van der Waals surface area contributed by atoms with Gasteiger partial charge >= 0.3 is 0 Å². The second-order valence-corrected chi connectivity index (χ2v) is 8.34. The number of nitrogens with one attached hydrogen (secondary N) is 1. The predicted octanol–water partition coefficient (Wildman–Crippen LogP) is 5.71. The molecule has 3 aromatic carbocycles. The van der Waals surface area contributed by atoms with Crippen LogP contribution in [0, 0.1) is 5.92 Å². The summed E-state index contributed by atoms with van der Waals surface area (Å²) in [5, 5.41) is 3.62. The number of nitrogens with zero attached hydrogens (tertiary/aromatic N) is 1. The quantitative estimate of drug-likeness (QED) is 0.581. The Bertz CT molecular complexity index is 1170. The Balaban J connectivity index is 1.56. The second-order valence-electron chi connectivity index (χ2n) is 8.34. The zero-order valence-electron chi connectivity index (χ0n) is 18.2. The van der Waals surface area contributed by atoms with E-state index < -0.39 is 0 Å². The number of hydrogen-bond acceptors (Lipinski definition) is 5. The maximum Gasteiger partial charge on any atom is 0.144 e. The summed E-state index contributed by atoms with van der Waals surface area (Å²) in [4.78, 5) is 18.6. The van der Waals surface area contributed by atoms with E-state index >= 15 is 0 Å². The molecule has 0 spiro atoms. The number of Topliss-reactive ketones (excluding diaryl/α,β-unsaturated/α-hetero) is 1. The van der Waals surface area contributed by atoms with E-state index in [0.29, 0.717) is 6.42 Å². The van der Waals surface area contributed by atoms with Gasteiger partial charge in [0.1, 0.15) is 17.3 Å². The van der Waals surface area contributed by atoms with E-state index in [1.165, 1.54) is 0 Å². The molecule has 0 aromatic heterocycles. The topological polar surface area (TPSA) is 59.9 Å². The average molecular weight is 427 g/mol. The Morgan fingerprint density at radius 2 is 1.62 bits per heavy atom. The number of ketones is 1. The molecule has 0 radical (unpaired) electrons. The first-order valence-corrected chi connectivity index (χ1v) is 10.9. The lowest BCUT2D eigenvalue weighted by molar-refractivity contribution is -0.122. The molecule has 32 heavy (non-hydrogen) atoms. The van der Waals surface area contributed by atoms with Crippen molar-refractivity contribution in [1.29, 1.82) is 0 Å². The standard InChI is InChI=1S/C27H26N2O3/c1-31-20-12-10-17(11-13-20)19-15-24-26(25(30)16-19)27(18-6-5-7-21(14-18)32-2)29-23-9-4-3-8-22(23)28-24/h3-14,19,26-27,29H,15-16H2,1-2H3. The third-order valence-corrected chi connectivity index (χ3v) is 6.46. The summed E-state index contributed by atoms with van der Waals surface area (Å²) in [7, 11) is 3.32. The molecule has 3 atom stereocenters. The molecule has 2 aliphatic rings. The summed E-state index contributed by atoms with van der Waals surface area (Å²) in [6.45, 7) is 0. The minimum Gasteiger partial charge on any atom is -0.497 e. The van der Waals surface area contributed by atoms with E-state index in [2.05, 4.69) is 23.5 Å². The number of hydrogen-bond donors (Lipinski definition) is 1. The van der Waals surface area contributed by atoms with E-state index in [0.717, 1.165) is 46.1 Å². The number of benzene rings is 3. The van der Waals surface area contributed by atoms with Gasteiger partial charge in [-0.1, -0.05) is 36.4 Å². The summed E-state index contributed by atoms with van der Waals surface area (Å²) < 4.78 is 10.7. The molecule has 3 aromatic rings. The van der Waals surface area contributed by atoms with Gasteiger partial charge in [0.15, 0.2) is 0 Å². The van der Waals surface area contributed by atoms with Crippen LogP contribution in [0.3, 0.4) is 0 Å². The van der Waals surface area contributed by atoms with Crippen LogP contribution in [0.5, 0.6) is 11.5 Å². The van der Waals surface area contributed by atoms with E-state index in [-0.39, 0.29) is 23.7 Å². The van der Waals surface area contributed by atoms with Crippen molar-refractivity contribution < 1.29 is 14.3 Å². The van der Waals surface area contributed by atoms with Crippen molar-refractivity contribution in [2.75, 3.05) is 19.5 Å². The maximum atomic E-state index is 13.6. The average Bonchev–Trinajstić information content (AvgIpc) is 3.01. The van der Waals surface area contributed by atoms with Crippen molar-refractivity contribution in [3.63, 3.8) is 0 Å². The van der Waals surface area contributed by atoms with Crippen LogP contribution in [0.1, 0.15) is 35.9 Å². The molecular formula is C27H26N2O3. The number of methoxy groups -OCH3 is 2. The molecule has 0 bridgehead atoms. The van der Waals surface area contributed by atoms with Gasteiger partial charge in [-0.3, -0.25) is 9.79 Å². The first-order chi connectivity index (χ1) is 15.7. The number of carbonyl (C=O) groups is 1. The van der Waals surface area contributed by atoms with Crippen molar-refractivity contribution in [1.82, 2.24) is 0 Å². The molecule has 5 heteroatoms. The molecule has 1 saturated carbocycles. The van der Waals surface area contributed by atoms with Crippen LogP contribution in [0.2, 0.25) is 0 Å². The van der Waals surface area contributed by atoms with Crippen molar-refractivity contribution in [3.05, 3.63) is 83.9 Å². The molecule has 1 aliphatic carbocycles. The fourth-order valence-corrected chi connectivity index (χ4v) is 4.82. The minimum atomic E-state index is -0.316. The molecule has 1 fully saturated rings. The summed E-state index contributed by atoms with van der Waals surface area (Å²) in [6.07, 6.45) is 1.24. The highest BCUT2D eigenvalue weighted by Gasteiger charge is 2.41. The van der Waals surface area contributed by atoms with E-state index in [1.54, 1.807) is 14.2 Å². The molecular weight excluding hydrogens is 400 g/mol. The van der Waals surface area contributed by atoms with Gasteiger partial charge in [0.05, 0.1) is 37.6 Å². The smallest absolute Gasteiger partial charge is 0.144 e. The summed E-state index contributed by atoms with van der Waals surface area (Å²) >= 11 is 0. The zero-order valence-corrected chi connectivity index (χ0v) is 18.2. The zero-order chi connectivity index (χ0) is 22.1. The largest absolute Gasteiger partial charge is 0.497 e. The van der Waals surface area contributed by atoms with Crippen LogP contribution in [0.4, 0.5) is 11.4 Å². The Labute approximate surface area is 188 Å². The number of fused-ring (bicyclic) bond motifs is 2. The van der Waals surface area contributed by atoms with Crippen LogP contribution < -0.4 is 14.8 Å². The van der Waals surface area contributed by atoms with Gasteiger partial charge in [0, 0.05) is 12.1 Å². The number of rotatable bonds is 4. The van der Waals surface area contributed by atoms with Gasteiger partial charge in [0.2, 0.25) is 0 Å². The molecule has 0 amide bonds. The third kappa shape index (κ3) is 3.75. The fraction of sp³-hybridized carbons (Fsp3) is 0.259. The van der Waals surface area contributed by atoms with Crippen LogP contribution in [0.25, 0.3) is 0 Å². The molecule has 5 nitrogen and oxygen atoms in total. The van der Waals surface area contributed by atoms with E-state index in [1.807, 2.05) is 54.6 Å². The predicted molar refractivity (Wildman–Crippen MR) is 126 cm³/mol. The van der Waals surface area contributed by atoms with Gasteiger partial charge in [-0.05, 0) is 59.9 Å². The molecule has 162 valence electrons. The normalized spacial score (nSPS) is 22.0. The first-order valence-electron chi connectivity index (χ1n) is 10.9. The lowest BCUT2D eigenvalue weighted by Gasteiger charge is -2.34. The summed E-state index contributed by atoms with van der Waals surface area (Å²) in [5.74, 6) is 1.60. The molecule has 5 rings (SSSR count). The van der Waals surface area contributed by atoms with Crippen LogP contribution in [0.15, 0.2) is 77.8 Å². The number of para-hydroxylation sites is 2. The molecule has 1 aliphatic heterocycles. The van der Waals surface area contributed by atoms with Gasteiger partial charge in [0.25, 0.3) is 0 Å². The summed E-state index contributed by atoms with van der Waals surface area (Å²) in [5.41, 5.74) is 4.92. The van der Waals surface area contributed by atoms with Gasteiger partial charge < -0.3 is 14.8 Å². The Kier molecular flexibility index (Phi) is 5.39. The van der Waals surface area contributed by atoms with Crippen LogP contribution in [-0.2, 0) is 4.79 Å². The van der Waals surface area contributed by atoms with E-state index in [4.69, 9.17) is 14.5 Å². The van der Waals surface area contributed by atoms with Gasteiger partial charge in [-0.25, -0.2) is 0 Å². The highest BCUT2D eigenvalue weighted by molar-refractivity contribution is 6.10. The van der Waals surface area contributed by atoms with Crippen molar-refractivity contribution >= 4 is 22.9 Å². The van der Waals surface area contributed by atoms with Gasteiger partial charge in [-0.15, -0.1) is 0 Å². The van der Waals surface area contributed by atoms with E-state index in [9.17, 15) is 4.79 Å². The number of aliphatic imine (C=N–C) groups is 1. The molecule has 3 unspecified atom stereocenters. The lowest BCUT2D eigenvalue weighted by Crippen LogP contribution is -2.38. The first kappa shape index (κ1) is 20.3. The molecule has 1 N–H and O–H groups in total. The lowest BCUT2D eigenvalue weighted by atomic mass is 9.72. The SMILES string of the molecule is COc1ccc(C2CC(=O)C3C(=Nc4ccccc4NC3c3cccc(OC)c3)C2)cc1.